The first-order valence-corrected chi connectivity index (χ1v) is 12.5. The van der Waals surface area contributed by atoms with Crippen LogP contribution in [0.5, 0.6) is 11.8 Å². The van der Waals surface area contributed by atoms with Gasteiger partial charge < -0.3 is 24.1 Å². The zero-order chi connectivity index (χ0) is 27.6. The SMILES string of the molecule is COc1ccc(N(C)C(=O)OC[C@@H](C2CC2)n2cc(Cl)nc(Nc3cc(C)c(OC)nc3C)c2=O)c(C)n1. The highest BCUT2D eigenvalue weighted by atomic mass is 35.5. The smallest absolute Gasteiger partial charge is 0.414 e. The number of halogens is 1. The molecular weight excluding hydrogens is 512 g/mol. The first-order chi connectivity index (χ1) is 18.1. The van der Waals surface area contributed by atoms with Crippen molar-refractivity contribution in [2.24, 2.45) is 5.92 Å². The Morgan fingerprint density at radius 2 is 1.89 bits per heavy atom. The van der Waals surface area contributed by atoms with Crippen LogP contribution in [-0.2, 0) is 4.74 Å². The molecule has 0 spiro atoms. The third-order valence-electron chi connectivity index (χ3n) is 6.48. The van der Waals surface area contributed by atoms with E-state index in [4.69, 9.17) is 25.8 Å². The van der Waals surface area contributed by atoms with Crippen molar-refractivity contribution in [3.8, 4) is 11.8 Å². The van der Waals surface area contributed by atoms with Crippen LogP contribution < -0.4 is 25.2 Å². The summed E-state index contributed by atoms with van der Waals surface area (Å²) in [5, 5.41) is 3.20. The molecule has 3 heterocycles. The molecule has 1 aliphatic rings. The number of nitrogens with zero attached hydrogens (tertiary/aromatic N) is 5. The van der Waals surface area contributed by atoms with Crippen molar-refractivity contribution in [3.05, 3.63) is 56.9 Å². The van der Waals surface area contributed by atoms with E-state index in [2.05, 4.69) is 20.3 Å². The maximum Gasteiger partial charge on any atom is 0.414 e. The van der Waals surface area contributed by atoms with E-state index in [0.717, 1.165) is 18.4 Å². The van der Waals surface area contributed by atoms with Crippen LogP contribution in [0.1, 0.15) is 35.8 Å². The molecule has 38 heavy (non-hydrogen) atoms. The predicted molar refractivity (Wildman–Crippen MR) is 144 cm³/mol. The number of aryl methyl sites for hydroxylation is 3. The lowest BCUT2D eigenvalue weighted by molar-refractivity contribution is 0.130. The number of rotatable bonds is 9. The molecule has 0 unspecified atom stereocenters. The Bertz CT molecular complexity index is 1410. The summed E-state index contributed by atoms with van der Waals surface area (Å²) in [5.41, 5.74) is 2.89. The van der Waals surface area contributed by atoms with Gasteiger partial charge in [0.05, 0.1) is 43.0 Å². The van der Waals surface area contributed by atoms with E-state index in [-0.39, 0.29) is 29.1 Å². The predicted octanol–water partition coefficient (Wildman–Crippen LogP) is 4.60. The summed E-state index contributed by atoms with van der Waals surface area (Å²) in [6.07, 6.45) is 2.75. The van der Waals surface area contributed by atoms with Crippen LogP contribution in [-0.4, -0.2) is 53.5 Å². The largest absolute Gasteiger partial charge is 0.481 e. The minimum atomic E-state index is -0.562. The van der Waals surface area contributed by atoms with Gasteiger partial charge in [-0.3, -0.25) is 9.69 Å². The highest BCUT2D eigenvalue weighted by Gasteiger charge is 2.35. The maximum atomic E-state index is 13.5. The van der Waals surface area contributed by atoms with Gasteiger partial charge in [0, 0.05) is 24.9 Å². The van der Waals surface area contributed by atoms with Crippen molar-refractivity contribution in [2.45, 2.75) is 39.7 Å². The molecule has 1 fully saturated rings. The van der Waals surface area contributed by atoms with Crippen LogP contribution >= 0.6 is 11.6 Å². The van der Waals surface area contributed by atoms with E-state index in [1.807, 2.05) is 13.0 Å². The number of methoxy groups -OCH3 is 2. The van der Waals surface area contributed by atoms with Crippen molar-refractivity contribution in [1.82, 2.24) is 19.5 Å². The molecule has 0 bridgehead atoms. The lowest BCUT2D eigenvalue weighted by Gasteiger charge is -2.23. The molecule has 11 nitrogen and oxygen atoms in total. The zero-order valence-corrected chi connectivity index (χ0v) is 23.0. The topological polar surface area (TPSA) is 121 Å². The summed E-state index contributed by atoms with van der Waals surface area (Å²) >= 11 is 6.33. The fraction of sp³-hybridized carbons (Fsp3) is 0.423. The van der Waals surface area contributed by atoms with Gasteiger partial charge in [0.15, 0.2) is 5.82 Å². The van der Waals surface area contributed by atoms with Gasteiger partial charge in [0.25, 0.3) is 5.56 Å². The van der Waals surface area contributed by atoms with Crippen molar-refractivity contribution in [2.75, 3.05) is 38.1 Å². The van der Waals surface area contributed by atoms with Gasteiger partial charge in [-0.1, -0.05) is 11.6 Å². The molecule has 1 atom stereocenters. The second-order valence-electron chi connectivity index (χ2n) is 9.20. The molecule has 0 aromatic carbocycles. The fourth-order valence-corrected chi connectivity index (χ4v) is 4.42. The first-order valence-electron chi connectivity index (χ1n) is 12.1. The molecule has 1 N–H and O–H groups in total. The minimum Gasteiger partial charge on any atom is -0.481 e. The molecule has 1 aliphatic carbocycles. The average molecular weight is 543 g/mol. The highest BCUT2D eigenvalue weighted by molar-refractivity contribution is 6.29. The molecular formula is C26H31ClN6O5. The summed E-state index contributed by atoms with van der Waals surface area (Å²) in [7, 11) is 4.69. The van der Waals surface area contributed by atoms with Crippen LogP contribution in [0.25, 0.3) is 0 Å². The molecule has 0 aliphatic heterocycles. The Kier molecular flexibility index (Phi) is 8.05. The van der Waals surface area contributed by atoms with Crippen molar-refractivity contribution in [1.29, 1.82) is 0 Å². The number of amides is 1. The lowest BCUT2D eigenvalue weighted by Crippen LogP contribution is -2.34. The Balaban J connectivity index is 1.55. The summed E-state index contributed by atoms with van der Waals surface area (Å²) in [6.45, 7) is 5.44. The third-order valence-corrected chi connectivity index (χ3v) is 6.66. The monoisotopic (exact) mass is 542 g/mol. The van der Waals surface area contributed by atoms with E-state index in [1.54, 1.807) is 40.1 Å². The fourth-order valence-electron chi connectivity index (χ4n) is 4.23. The number of aromatic nitrogens is 4. The van der Waals surface area contributed by atoms with Gasteiger partial charge >= 0.3 is 6.09 Å². The molecule has 0 saturated heterocycles. The molecule has 202 valence electrons. The normalized spacial score (nSPS) is 13.6. The third kappa shape index (κ3) is 5.83. The average Bonchev–Trinajstić information content (AvgIpc) is 3.73. The summed E-state index contributed by atoms with van der Waals surface area (Å²) in [4.78, 5) is 40.7. The molecule has 4 rings (SSSR count). The van der Waals surface area contributed by atoms with Gasteiger partial charge in [-0.2, -0.15) is 0 Å². The van der Waals surface area contributed by atoms with Crippen molar-refractivity contribution >= 4 is 34.9 Å². The van der Waals surface area contributed by atoms with E-state index >= 15 is 0 Å². The van der Waals surface area contributed by atoms with Crippen LogP contribution in [0.4, 0.5) is 22.0 Å². The molecule has 12 heteroatoms. The van der Waals surface area contributed by atoms with Crippen LogP contribution in [0.3, 0.4) is 0 Å². The second-order valence-corrected chi connectivity index (χ2v) is 9.58. The van der Waals surface area contributed by atoms with Gasteiger partial charge in [0.1, 0.15) is 11.8 Å². The zero-order valence-electron chi connectivity index (χ0n) is 22.2. The van der Waals surface area contributed by atoms with Gasteiger partial charge in [0.2, 0.25) is 11.8 Å². The van der Waals surface area contributed by atoms with Crippen molar-refractivity contribution < 1.29 is 19.0 Å². The Morgan fingerprint density at radius 1 is 1.16 bits per heavy atom. The molecule has 0 radical (unpaired) electrons. The number of nitrogens with one attached hydrogen (secondary N) is 1. The summed E-state index contributed by atoms with van der Waals surface area (Å²) in [5.74, 6) is 1.19. The molecule has 3 aromatic rings. The first kappa shape index (κ1) is 27.2. The molecule has 3 aromatic heterocycles. The Hall–Kier alpha value is -3.86. The van der Waals surface area contributed by atoms with Gasteiger partial charge in [-0.15, -0.1) is 0 Å². The number of anilines is 3. The summed E-state index contributed by atoms with van der Waals surface area (Å²) in [6, 6.07) is 4.85. The minimum absolute atomic E-state index is 0.00160. The van der Waals surface area contributed by atoms with Gasteiger partial charge in [-0.25, -0.2) is 19.7 Å². The van der Waals surface area contributed by atoms with E-state index < -0.39 is 12.1 Å². The van der Waals surface area contributed by atoms with E-state index in [1.165, 1.54) is 22.8 Å². The van der Waals surface area contributed by atoms with Crippen LogP contribution in [0.2, 0.25) is 5.15 Å². The van der Waals surface area contributed by atoms with Crippen molar-refractivity contribution in [3.63, 3.8) is 0 Å². The number of carbonyl (C=O) groups is 1. The quantitative estimate of drug-likeness (QED) is 0.413. The molecule has 1 saturated carbocycles. The van der Waals surface area contributed by atoms with Crippen LogP contribution in [0.15, 0.2) is 29.2 Å². The number of pyridine rings is 2. The maximum absolute atomic E-state index is 13.5. The lowest BCUT2D eigenvalue weighted by atomic mass is 10.2. The number of ether oxygens (including phenoxy) is 3. The van der Waals surface area contributed by atoms with E-state index in [9.17, 15) is 9.59 Å². The number of hydrogen-bond donors (Lipinski definition) is 1. The summed E-state index contributed by atoms with van der Waals surface area (Å²) < 4.78 is 17.6. The molecule has 1 amide bonds. The van der Waals surface area contributed by atoms with E-state index in [0.29, 0.717) is 34.5 Å². The number of hydrogen-bond acceptors (Lipinski definition) is 9. The Labute approximate surface area is 225 Å². The highest BCUT2D eigenvalue weighted by Crippen LogP contribution is 2.40. The standard InChI is InChI=1S/C26H31ClN6O5/c1-14-11-18(15(2)29-24(14)37-6)30-23-25(34)33(12-21(27)31-23)20(17-7-8-17)13-38-26(35)32(4)19-9-10-22(36-5)28-16(19)3/h9-12,17,20H,7-8,13H2,1-6H3,(H,30,31)/t20-/m0/s1. The Morgan fingerprint density at radius 3 is 2.53 bits per heavy atom. The van der Waals surface area contributed by atoms with Crippen LogP contribution in [0, 0.1) is 26.7 Å². The van der Waals surface area contributed by atoms with Gasteiger partial charge in [-0.05, 0) is 51.7 Å². The number of carbonyl (C=O) groups excluding carboxylic acids is 1. The second kappa shape index (κ2) is 11.3.